The third kappa shape index (κ3) is 5.48. The van der Waals surface area contributed by atoms with Crippen LogP contribution < -0.4 is 10.6 Å². The van der Waals surface area contributed by atoms with Gasteiger partial charge in [0, 0.05) is 6.61 Å². The lowest BCUT2D eigenvalue weighted by Gasteiger charge is -2.06. The van der Waals surface area contributed by atoms with Gasteiger partial charge in [0.15, 0.2) is 0 Å². The number of methoxy groups -OCH3 is 1. The third-order valence-corrected chi connectivity index (χ3v) is 0.970. The first kappa shape index (κ1) is 10.7. The van der Waals surface area contributed by atoms with E-state index in [-0.39, 0.29) is 12.8 Å². The Balaban J connectivity index is 3.40. The number of amidine groups is 1. The summed E-state index contributed by atoms with van der Waals surface area (Å²) in [5.41, 5.74) is 0. The Kier molecular flexibility index (Phi) is 5.72. The molecular weight excluding hydrogens is 162 g/mol. The molecule has 0 atom stereocenters. The quantitative estimate of drug-likeness (QED) is 0.241. The van der Waals surface area contributed by atoms with E-state index in [1.54, 1.807) is 0 Å². The van der Waals surface area contributed by atoms with Crippen molar-refractivity contribution >= 4 is 12.1 Å². The molecule has 0 aliphatic carbocycles. The number of rotatable bonds is 3. The molecule has 0 saturated heterocycles. The van der Waals surface area contributed by atoms with Gasteiger partial charge in [0.25, 0.3) is 6.02 Å². The number of nitrogens with one attached hydrogen (secondary N) is 3. The molecule has 3 N–H and O–H groups in total. The van der Waals surface area contributed by atoms with E-state index in [1.807, 2.05) is 6.92 Å². The summed E-state index contributed by atoms with van der Waals surface area (Å²) in [6.45, 7) is 2.47. The summed E-state index contributed by atoms with van der Waals surface area (Å²) in [6, 6.07) is -0.820. The van der Waals surface area contributed by atoms with Gasteiger partial charge in [0.1, 0.15) is 6.73 Å². The molecule has 0 bridgehead atoms. The van der Waals surface area contributed by atoms with Gasteiger partial charge in [-0.1, -0.05) is 0 Å². The first-order chi connectivity index (χ1) is 5.70. The minimum Gasteiger partial charge on any atom is -0.468 e. The zero-order valence-electron chi connectivity index (χ0n) is 7.14. The topological polar surface area (TPSA) is 83.4 Å². The van der Waals surface area contributed by atoms with E-state index in [4.69, 9.17) is 10.1 Å². The van der Waals surface area contributed by atoms with Gasteiger partial charge in [-0.15, -0.1) is 0 Å². The maximum atomic E-state index is 10.8. The number of urea groups is 1. The van der Waals surface area contributed by atoms with Crippen LogP contribution in [0.15, 0.2) is 0 Å². The summed E-state index contributed by atoms with van der Waals surface area (Å²) in [4.78, 5) is 10.8. The zero-order valence-corrected chi connectivity index (χ0v) is 7.14. The fraction of sp³-hybridized carbons (Fsp3) is 0.667. The monoisotopic (exact) mass is 175 g/mol. The summed E-state index contributed by atoms with van der Waals surface area (Å²) in [6.07, 6.45) is 0. The van der Waals surface area contributed by atoms with E-state index < -0.39 is 6.03 Å². The molecule has 6 nitrogen and oxygen atoms in total. The Morgan fingerprint density at radius 1 is 1.58 bits per heavy atom. The maximum absolute atomic E-state index is 10.8. The summed E-state index contributed by atoms with van der Waals surface area (Å²) in [5, 5.41) is 11.4. The highest BCUT2D eigenvalue weighted by atomic mass is 16.5. The van der Waals surface area contributed by atoms with Gasteiger partial charge < -0.3 is 14.8 Å². The molecule has 0 heterocycles. The molecule has 0 radical (unpaired) electrons. The minimum atomic E-state index is -0.518. The van der Waals surface area contributed by atoms with Crippen LogP contribution in [0.4, 0.5) is 4.79 Å². The predicted octanol–water partition coefficient (Wildman–Crippen LogP) is -0.139. The van der Waals surface area contributed by atoms with Gasteiger partial charge >= 0.3 is 6.03 Å². The Bertz CT molecular complexity index is 160. The molecule has 0 saturated carbocycles. The van der Waals surface area contributed by atoms with Crippen molar-refractivity contribution in [3.8, 4) is 0 Å². The van der Waals surface area contributed by atoms with Crippen LogP contribution in [0.25, 0.3) is 0 Å². The molecule has 0 spiro atoms. The highest BCUT2D eigenvalue weighted by Gasteiger charge is 2.01. The molecule has 0 aliphatic heterocycles. The Morgan fingerprint density at radius 3 is 2.75 bits per heavy atom. The van der Waals surface area contributed by atoms with Gasteiger partial charge in [-0.25, -0.2) is 4.79 Å². The van der Waals surface area contributed by atoms with E-state index in [0.29, 0.717) is 6.61 Å². The standard InChI is InChI=1S/C6H13N3O3/c1-3-12-4-8-6(10)9-5(7)11-2/h3-4H2,1-2H3,(H3,7,8,9,10). The number of hydrogen-bond donors (Lipinski definition) is 3. The SMILES string of the molecule is CCOCNC(=O)NC(=N)OC. The van der Waals surface area contributed by atoms with Crippen molar-refractivity contribution < 1.29 is 14.3 Å². The van der Waals surface area contributed by atoms with Gasteiger partial charge in [-0.2, -0.15) is 0 Å². The summed E-state index contributed by atoms with van der Waals surface area (Å²) >= 11 is 0. The van der Waals surface area contributed by atoms with Crippen molar-refractivity contribution in [2.75, 3.05) is 20.4 Å². The van der Waals surface area contributed by atoms with Crippen molar-refractivity contribution in [2.45, 2.75) is 6.92 Å². The molecule has 6 heteroatoms. The minimum absolute atomic E-state index is 0.124. The lowest BCUT2D eigenvalue weighted by Crippen LogP contribution is -2.40. The Labute approximate surface area is 70.7 Å². The van der Waals surface area contributed by atoms with Crippen molar-refractivity contribution in [1.29, 1.82) is 5.41 Å². The normalized spacial score (nSPS) is 8.83. The molecule has 0 aliphatic rings. The average molecular weight is 175 g/mol. The van der Waals surface area contributed by atoms with Crippen molar-refractivity contribution in [2.24, 2.45) is 0 Å². The summed E-state index contributed by atoms with van der Waals surface area (Å²) in [7, 11) is 1.30. The largest absolute Gasteiger partial charge is 0.468 e. The number of hydrogen-bond acceptors (Lipinski definition) is 4. The summed E-state index contributed by atoms with van der Waals surface area (Å²) in [5.74, 6) is 0. The van der Waals surface area contributed by atoms with E-state index in [2.05, 4.69) is 15.4 Å². The Morgan fingerprint density at radius 2 is 2.25 bits per heavy atom. The average Bonchev–Trinajstić information content (AvgIpc) is 2.05. The van der Waals surface area contributed by atoms with Gasteiger partial charge in [0.2, 0.25) is 0 Å². The van der Waals surface area contributed by atoms with Gasteiger partial charge in [-0.05, 0) is 6.92 Å². The van der Waals surface area contributed by atoms with Crippen LogP contribution in [-0.2, 0) is 9.47 Å². The van der Waals surface area contributed by atoms with Gasteiger partial charge in [-0.3, -0.25) is 10.7 Å². The van der Waals surface area contributed by atoms with Crippen LogP contribution in [0.5, 0.6) is 0 Å². The molecular formula is C6H13N3O3. The number of carbonyl (C=O) groups excluding carboxylic acids is 1. The van der Waals surface area contributed by atoms with E-state index in [9.17, 15) is 4.79 Å². The second-order valence-electron chi connectivity index (χ2n) is 1.80. The molecule has 0 aromatic carbocycles. The molecule has 2 amide bonds. The smallest absolute Gasteiger partial charge is 0.324 e. The lowest BCUT2D eigenvalue weighted by molar-refractivity contribution is 0.132. The Hall–Kier alpha value is -1.30. The van der Waals surface area contributed by atoms with Crippen LogP contribution in [0.1, 0.15) is 6.92 Å². The van der Waals surface area contributed by atoms with Gasteiger partial charge in [0.05, 0.1) is 7.11 Å². The molecule has 0 aromatic rings. The zero-order chi connectivity index (χ0) is 9.40. The van der Waals surface area contributed by atoms with Crippen LogP contribution in [-0.4, -0.2) is 32.5 Å². The maximum Gasteiger partial charge on any atom is 0.324 e. The van der Waals surface area contributed by atoms with Crippen LogP contribution in [0.3, 0.4) is 0 Å². The second-order valence-corrected chi connectivity index (χ2v) is 1.80. The first-order valence-electron chi connectivity index (χ1n) is 3.45. The van der Waals surface area contributed by atoms with E-state index in [0.717, 1.165) is 0 Å². The predicted molar refractivity (Wildman–Crippen MR) is 42.9 cm³/mol. The first-order valence-corrected chi connectivity index (χ1v) is 3.45. The highest BCUT2D eigenvalue weighted by Crippen LogP contribution is 1.71. The number of ether oxygens (including phenoxy) is 2. The fourth-order valence-corrected chi connectivity index (χ4v) is 0.417. The second kappa shape index (κ2) is 6.41. The highest BCUT2D eigenvalue weighted by molar-refractivity contribution is 5.91. The molecule has 0 rings (SSSR count). The van der Waals surface area contributed by atoms with Crippen LogP contribution in [0.2, 0.25) is 0 Å². The van der Waals surface area contributed by atoms with Crippen LogP contribution >= 0.6 is 0 Å². The molecule has 12 heavy (non-hydrogen) atoms. The van der Waals surface area contributed by atoms with Crippen molar-refractivity contribution in [3.05, 3.63) is 0 Å². The van der Waals surface area contributed by atoms with Crippen molar-refractivity contribution in [1.82, 2.24) is 10.6 Å². The molecule has 0 aromatic heterocycles. The number of amides is 2. The summed E-state index contributed by atoms with van der Waals surface area (Å²) < 4.78 is 9.23. The van der Waals surface area contributed by atoms with Crippen molar-refractivity contribution in [3.63, 3.8) is 0 Å². The molecule has 0 fully saturated rings. The molecule has 70 valence electrons. The van der Waals surface area contributed by atoms with E-state index in [1.165, 1.54) is 7.11 Å². The third-order valence-electron chi connectivity index (χ3n) is 0.970. The lowest BCUT2D eigenvalue weighted by atomic mass is 10.8. The van der Waals surface area contributed by atoms with Crippen LogP contribution in [0, 0.1) is 5.41 Å². The molecule has 0 unspecified atom stereocenters. The fourth-order valence-electron chi connectivity index (χ4n) is 0.417. The van der Waals surface area contributed by atoms with E-state index >= 15 is 0 Å². The number of carbonyl (C=O) groups is 1.